The van der Waals surface area contributed by atoms with Crippen molar-refractivity contribution in [2.75, 3.05) is 31.3 Å². The van der Waals surface area contributed by atoms with E-state index in [0.717, 1.165) is 25.7 Å². The zero-order chi connectivity index (χ0) is 21.5. The van der Waals surface area contributed by atoms with E-state index in [2.05, 4.69) is 5.32 Å². The van der Waals surface area contributed by atoms with Gasteiger partial charge in [-0.25, -0.2) is 8.42 Å². The van der Waals surface area contributed by atoms with E-state index in [1.807, 2.05) is 6.92 Å². The molecule has 3 saturated heterocycles. The number of methoxy groups -OCH3 is 1. The van der Waals surface area contributed by atoms with Crippen LogP contribution in [-0.4, -0.2) is 66.3 Å². The maximum atomic E-state index is 13.0. The Kier molecular flexibility index (Phi) is 5.75. The van der Waals surface area contributed by atoms with E-state index in [-0.39, 0.29) is 21.6 Å². The summed E-state index contributed by atoms with van der Waals surface area (Å²) in [7, 11) is -2.17. The highest BCUT2D eigenvalue weighted by molar-refractivity contribution is 8.01. The lowest BCUT2D eigenvalue weighted by Gasteiger charge is -2.30. The molecule has 10 heteroatoms. The monoisotopic (exact) mass is 453 g/mol. The number of ether oxygens (including phenoxy) is 1. The highest BCUT2D eigenvalue weighted by Crippen LogP contribution is 2.47. The fourth-order valence-electron chi connectivity index (χ4n) is 4.43. The Balaban J connectivity index is 1.58. The van der Waals surface area contributed by atoms with Crippen molar-refractivity contribution >= 4 is 39.3 Å². The molecule has 1 N–H and O–H groups in total. The number of nitrogens with zero attached hydrogens (tertiary/aromatic N) is 2. The van der Waals surface area contributed by atoms with Crippen LogP contribution in [0.15, 0.2) is 23.1 Å². The first-order chi connectivity index (χ1) is 14.3. The number of carbonyl (C=O) groups excluding carboxylic acids is 2. The first-order valence-corrected chi connectivity index (χ1v) is 12.6. The van der Waals surface area contributed by atoms with Gasteiger partial charge in [-0.05, 0) is 44.4 Å². The number of carbonyl (C=O) groups is 2. The molecule has 1 aromatic rings. The minimum absolute atomic E-state index is 0.0176. The fourth-order valence-corrected chi connectivity index (χ4v) is 7.41. The van der Waals surface area contributed by atoms with Crippen molar-refractivity contribution in [3.05, 3.63) is 18.2 Å². The second-order valence-electron chi connectivity index (χ2n) is 8.08. The van der Waals surface area contributed by atoms with Crippen molar-refractivity contribution in [2.24, 2.45) is 0 Å². The Hall–Kier alpha value is -1.78. The highest BCUT2D eigenvalue weighted by atomic mass is 32.2. The standard InChI is InChI=1S/C20H27N3O5S2/c1-20-9-8-18(24)23(20)16(13-29-20)19(25)21-15-12-14(6-7-17(15)28-2)30(26,27)22-10-4-3-5-11-22/h6-7,12,16H,3-5,8-11,13H2,1-2H3,(H,21,25)/t16-,20+/m1/s1. The van der Waals surface area contributed by atoms with E-state index in [0.29, 0.717) is 36.7 Å². The zero-order valence-electron chi connectivity index (χ0n) is 17.2. The first kappa shape index (κ1) is 21.5. The van der Waals surface area contributed by atoms with E-state index in [4.69, 9.17) is 4.74 Å². The average Bonchev–Trinajstić information content (AvgIpc) is 3.24. The summed E-state index contributed by atoms with van der Waals surface area (Å²) in [5, 5.41) is 2.82. The largest absolute Gasteiger partial charge is 0.495 e. The fraction of sp³-hybridized carbons (Fsp3) is 0.600. The van der Waals surface area contributed by atoms with Crippen LogP contribution >= 0.6 is 11.8 Å². The van der Waals surface area contributed by atoms with Gasteiger partial charge in [0.15, 0.2) is 0 Å². The summed E-state index contributed by atoms with van der Waals surface area (Å²) in [6, 6.07) is 3.93. The van der Waals surface area contributed by atoms with Gasteiger partial charge in [0.1, 0.15) is 11.8 Å². The van der Waals surface area contributed by atoms with E-state index in [1.54, 1.807) is 22.7 Å². The maximum absolute atomic E-state index is 13.0. The second-order valence-corrected chi connectivity index (χ2v) is 11.5. The molecule has 3 aliphatic heterocycles. The van der Waals surface area contributed by atoms with Gasteiger partial charge in [0, 0.05) is 25.3 Å². The van der Waals surface area contributed by atoms with Gasteiger partial charge in [-0.2, -0.15) is 4.31 Å². The van der Waals surface area contributed by atoms with Crippen LogP contribution in [-0.2, 0) is 19.6 Å². The average molecular weight is 454 g/mol. The summed E-state index contributed by atoms with van der Waals surface area (Å²) in [5.41, 5.74) is 0.297. The van der Waals surface area contributed by atoms with E-state index in [1.165, 1.54) is 23.5 Å². The minimum Gasteiger partial charge on any atom is -0.495 e. The lowest BCUT2D eigenvalue weighted by Crippen LogP contribution is -2.48. The molecule has 164 valence electrons. The summed E-state index contributed by atoms with van der Waals surface area (Å²) < 4.78 is 32.9. The summed E-state index contributed by atoms with van der Waals surface area (Å²) in [6.45, 7) is 3.00. The van der Waals surface area contributed by atoms with Crippen molar-refractivity contribution in [3.8, 4) is 5.75 Å². The van der Waals surface area contributed by atoms with E-state index in [9.17, 15) is 18.0 Å². The molecule has 2 amide bonds. The number of sulfonamides is 1. The number of benzene rings is 1. The van der Waals surface area contributed by atoms with Crippen LogP contribution in [0, 0.1) is 0 Å². The Labute approximate surface area is 181 Å². The smallest absolute Gasteiger partial charge is 0.248 e. The predicted molar refractivity (Wildman–Crippen MR) is 115 cm³/mol. The number of hydrogen-bond acceptors (Lipinski definition) is 6. The van der Waals surface area contributed by atoms with Crippen molar-refractivity contribution < 1.29 is 22.7 Å². The van der Waals surface area contributed by atoms with Gasteiger partial charge < -0.3 is 15.0 Å². The van der Waals surface area contributed by atoms with Gasteiger partial charge in [0.05, 0.1) is 22.6 Å². The quantitative estimate of drug-likeness (QED) is 0.735. The predicted octanol–water partition coefficient (Wildman–Crippen LogP) is 2.26. The number of piperidine rings is 1. The molecular weight excluding hydrogens is 426 g/mol. The lowest BCUT2D eigenvalue weighted by atomic mass is 10.2. The number of fused-ring (bicyclic) bond motifs is 1. The van der Waals surface area contributed by atoms with Gasteiger partial charge in [-0.1, -0.05) is 6.42 Å². The molecule has 2 atom stereocenters. The van der Waals surface area contributed by atoms with Crippen LogP contribution in [0.5, 0.6) is 5.75 Å². The molecule has 8 nitrogen and oxygen atoms in total. The highest BCUT2D eigenvalue weighted by Gasteiger charge is 2.53. The van der Waals surface area contributed by atoms with Gasteiger partial charge in [-0.15, -0.1) is 11.8 Å². The van der Waals surface area contributed by atoms with Crippen LogP contribution in [0.1, 0.15) is 39.0 Å². The Morgan fingerprint density at radius 1 is 1.27 bits per heavy atom. The number of amides is 2. The molecule has 0 saturated carbocycles. The molecule has 3 aliphatic rings. The Morgan fingerprint density at radius 3 is 2.70 bits per heavy atom. The molecule has 0 unspecified atom stereocenters. The van der Waals surface area contributed by atoms with E-state index >= 15 is 0 Å². The van der Waals surface area contributed by atoms with Crippen molar-refractivity contribution in [1.82, 2.24) is 9.21 Å². The zero-order valence-corrected chi connectivity index (χ0v) is 18.9. The van der Waals surface area contributed by atoms with Crippen molar-refractivity contribution in [3.63, 3.8) is 0 Å². The molecule has 4 rings (SSSR count). The third kappa shape index (κ3) is 3.69. The summed E-state index contributed by atoms with van der Waals surface area (Å²) in [4.78, 5) is 26.8. The SMILES string of the molecule is COc1ccc(S(=O)(=O)N2CCCCC2)cc1NC(=O)[C@H]1CS[C@@]2(C)CCC(=O)N12. The maximum Gasteiger partial charge on any atom is 0.248 e. The molecule has 0 aliphatic carbocycles. The molecule has 0 bridgehead atoms. The van der Waals surface area contributed by atoms with Crippen LogP contribution in [0.2, 0.25) is 0 Å². The molecule has 0 radical (unpaired) electrons. The number of hydrogen-bond donors (Lipinski definition) is 1. The van der Waals surface area contributed by atoms with Gasteiger partial charge >= 0.3 is 0 Å². The molecule has 0 spiro atoms. The topological polar surface area (TPSA) is 96.0 Å². The second kappa shape index (κ2) is 8.05. The third-order valence-electron chi connectivity index (χ3n) is 6.13. The molecule has 3 fully saturated rings. The number of anilines is 1. The van der Waals surface area contributed by atoms with Crippen LogP contribution in [0.3, 0.4) is 0 Å². The van der Waals surface area contributed by atoms with Crippen molar-refractivity contribution in [2.45, 2.75) is 54.8 Å². The summed E-state index contributed by atoms with van der Waals surface area (Å²) >= 11 is 1.61. The number of nitrogens with one attached hydrogen (secondary N) is 1. The molecule has 0 aromatic heterocycles. The number of thioether (sulfide) groups is 1. The molecule has 3 heterocycles. The van der Waals surface area contributed by atoms with Crippen molar-refractivity contribution in [1.29, 1.82) is 0 Å². The molecule has 30 heavy (non-hydrogen) atoms. The molecule has 1 aromatic carbocycles. The summed E-state index contributed by atoms with van der Waals surface area (Å²) in [5.74, 6) is 0.549. The van der Waals surface area contributed by atoms with Crippen LogP contribution in [0.25, 0.3) is 0 Å². The Morgan fingerprint density at radius 2 is 2.00 bits per heavy atom. The lowest BCUT2D eigenvalue weighted by molar-refractivity contribution is -0.135. The normalized spacial score (nSPS) is 27.2. The summed E-state index contributed by atoms with van der Waals surface area (Å²) in [6.07, 6.45) is 3.90. The minimum atomic E-state index is -3.64. The van der Waals surface area contributed by atoms with E-state index < -0.39 is 16.1 Å². The van der Waals surface area contributed by atoms with Gasteiger partial charge in [0.25, 0.3) is 0 Å². The third-order valence-corrected chi connectivity index (χ3v) is 9.53. The first-order valence-electron chi connectivity index (χ1n) is 10.2. The Bertz CT molecular complexity index is 961. The van der Waals surface area contributed by atoms with Gasteiger partial charge in [0.2, 0.25) is 21.8 Å². The number of rotatable bonds is 5. The molecular formula is C20H27N3O5S2. The van der Waals surface area contributed by atoms with Crippen LogP contribution in [0.4, 0.5) is 5.69 Å². The van der Waals surface area contributed by atoms with Crippen LogP contribution < -0.4 is 10.1 Å². The van der Waals surface area contributed by atoms with Gasteiger partial charge in [-0.3, -0.25) is 9.59 Å².